The van der Waals surface area contributed by atoms with Crippen LogP contribution in [-0.4, -0.2) is 26.0 Å². The molecular formula is C24H17FO6. The Morgan fingerprint density at radius 2 is 1.81 bits per heavy atom. The van der Waals surface area contributed by atoms with Crippen molar-refractivity contribution < 1.29 is 32.9 Å². The van der Waals surface area contributed by atoms with Gasteiger partial charge in [-0.05, 0) is 36.4 Å². The van der Waals surface area contributed by atoms with Gasteiger partial charge in [0.25, 0.3) is 0 Å². The summed E-state index contributed by atoms with van der Waals surface area (Å²) in [6.45, 7) is 0. The molecule has 4 rings (SSSR count). The zero-order valence-electron chi connectivity index (χ0n) is 16.7. The molecule has 1 heterocycles. The Morgan fingerprint density at radius 3 is 2.55 bits per heavy atom. The zero-order chi connectivity index (χ0) is 22.0. The van der Waals surface area contributed by atoms with E-state index in [1.807, 2.05) is 0 Å². The number of allylic oxidation sites excluding steroid dienone is 1. The number of hydrogen-bond donors (Lipinski definition) is 0. The lowest BCUT2D eigenvalue weighted by molar-refractivity contribution is 0.0729. The predicted octanol–water partition coefficient (Wildman–Crippen LogP) is 4.68. The van der Waals surface area contributed by atoms with Crippen LogP contribution < -0.4 is 18.9 Å². The first-order chi connectivity index (χ1) is 15.0. The third-order valence-corrected chi connectivity index (χ3v) is 4.67. The van der Waals surface area contributed by atoms with Gasteiger partial charge < -0.3 is 18.9 Å². The number of Topliss-reactive ketones (excluding diaryl/α,β-unsaturated/α-hetero) is 1. The van der Waals surface area contributed by atoms with Crippen LogP contribution in [0.1, 0.15) is 26.3 Å². The largest absolute Gasteiger partial charge is 0.493 e. The van der Waals surface area contributed by atoms with Crippen LogP contribution in [-0.2, 0) is 0 Å². The van der Waals surface area contributed by atoms with E-state index in [1.54, 1.807) is 24.3 Å². The molecule has 0 saturated heterocycles. The highest BCUT2D eigenvalue weighted by atomic mass is 19.1. The van der Waals surface area contributed by atoms with E-state index >= 15 is 0 Å². The Bertz CT molecular complexity index is 1210. The van der Waals surface area contributed by atoms with Gasteiger partial charge in [0.2, 0.25) is 5.78 Å². The molecular weight excluding hydrogens is 403 g/mol. The zero-order valence-corrected chi connectivity index (χ0v) is 16.7. The number of esters is 1. The summed E-state index contributed by atoms with van der Waals surface area (Å²) in [7, 11) is 3.02. The van der Waals surface area contributed by atoms with Crippen LogP contribution in [0.25, 0.3) is 6.08 Å². The average Bonchev–Trinajstić information content (AvgIpc) is 3.08. The van der Waals surface area contributed by atoms with Crippen molar-refractivity contribution in [2.45, 2.75) is 0 Å². The minimum atomic E-state index is -0.848. The van der Waals surface area contributed by atoms with Crippen molar-refractivity contribution in [3.8, 4) is 23.0 Å². The summed E-state index contributed by atoms with van der Waals surface area (Å²) in [6, 6.07) is 15.1. The second kappa shape index (κ2) is 8.31. The molecule has 0 fully saturated rings. The van der Waals surface area contributed by atoms with E-state index in [0.717, 1.165) is 0 Å². The Kier molecular flexibility index (Phi) is 5.41. The van der Waals surface area contributed by atoms with Gasteiger partial charge in [-0.1, -0.05) is 24.3 Å². The maximum atomic E-state index is 13.8. The summed E-state index contributed by atoms with van der Waals surface area (Å²) < 4.78 is 35.4. The van der Waals surface area contributed by atoms with Crippen molar-refractivity contribution in [2.75, 3.05) is 14.2 Å². The Labute approximate surface area is 177 Å². The summed E-state index contributed by atoms with van der Waals surface area (Å²) in [5.74, 6) is -0.439. The summed E-state index contributed by atoms with van der Waals surface area (Å²) >= 11 is 0. The molecule has 3 aromatic rings. The first-order valence-electron chi connectivity index (χ1n) is 9.28. The van der Waals surface area contributed by atoms with E-state index in [9.17, 15) is 14.0 Å². The summed E-state index contributed by atoms with van der Waals surface area (Å²) in [4.78, 5) is 25.0. The number of fused-ring (bicyclic) bond motifs is 1. The van der Waals surface area contributed by atoms with Gasteiger partial charge in [-0.15, -0.1) is 0 Å². The molecule has 156 valence electrons. The van der Waals surface area contributed by atoms with Crippen molar-refractivity contribution in [3.63, 3.8) is 0 Å². The lowest BCUT2D eigenvalue weighted by Gasteiger charge is -2.10. The number of carbonyl (C=O) groups excluding carboxylic acids is 2. The van der Waals surface area contributed by atoms with Crippen LogP contribution in [0.3, 0.4) is 0 Å². The molecule has 0 unspecified atom stereocenters. The van der Waals surface area contributed by atoms with Crippen LogP contribution >= 0.6 is 0 Å². The quantitative estimate of drug-likeness (QED) is 0.339. The minimum Gasteiger partial charge on any atom is -0.493 e. The van der Waals surface area contributed by atoms with Crippen LogP contribution in [0.15, 0.2) is 66.4 Å². The van der Waals surface area contributed by atoms with Gasteiger partial charge in [-0.2, -0.15) is 0 Å². The van der Waals surface area contributed by atoms with Crippen molar-refractivity contribution in [3.05, 3.63) is 88.9 Å². The fraction of sp³-hybridized carbons (Fsp3) is 0.0833. The van der Waals surface area contributed by atoms with Gasteiger partial charge in [0.15, 0.2) is 17.3 Å². The molecule has 1 aliphatic rings. The highest BCUT2D eigenvalue weighted by molar-refractivity contribution is 6.14. The molecule has 6 nitrogen and oxygen atoms in total. The lowest BCUT2D eigenvalue weighted by Crippen LogP contribution is -2.10. The number of benzene rings is 3. The topological polar surface area (TPSA) is 71.1 Å². The molecule has 0 aliphatic carbocycles. The second-order valence-electron chi connectivity index (χ2n) is 6.55. The van der Waals surface area contributed by atoms with E-state index in [4.69, 9.17) is 18.9 Å². The van der Waals surface area contributed by atoms with Gasteiger partial charge in [-0.3, -0.25) is 4.79 Å². The number of ketones is 1. The number of halogens is 1. The Hall–Kier alpha value is -4.13. The molecule has 1 aliphatic heterocycles. The van der Waals surface area contributed by atoms with Crippen molar-refractivity contribution in [2.24, 2.45) is 0 Å². The molecule has 0 amide bonds. The van der Waals surface area contributed by atoms with E-state index in [-0.39, 0.29) is 28.6 Å². The molecule has 0 saturated carbocycles. The van der Waals surface area contributed by atoms with Crippen molar-refractivity contribution in [1.29, 1.82) is 0 Å². The van der Waals surface area contributed by atoms with Crippen molar-refractivity contribution in [1.82, 2.24) is 0 Å². The summed E-state index contributed by atoms with van der Waals surface area (Å²) in [5, 5.41) is 0. The third-order valence-electron chi connectivity index (χ3n) is 4.67. The maximum absolute atomic E-state index is 13.8. The van der Waals surface area contributed by atoms with Gasteiger partial charge in [0.1, 0.15) is 17.3 Å². The highest BCUT2D eigenvalue weighted by Crippen LogP contribution is 2.37. The lowest BCUT2D eigenvalue weighted by atomic mass is 10.1. The molecule has 0 atom stereocenters. The standard InChI is InChI=1S/C24H17FO6/c1-28-19-9-5-6-14(23(19)29-2)12-21-22(26)17-11-10-15(13-20(17)31-21)30-24(27)16-7-3-4-8-18(16)25/h3-13H,1-2H3. The van der Waals surface area contributed by atoms with Crippen LogP contribution in [0, 0.1) is 5.82 Å². The highest BCUT2D eigenvalue weighted by Gasteiger charge is 2.29. The fourth-order valence-electron chi connectivity index (χ4n) is 3.19. The first-order valence-corrected chi connectivity index (χ1v) is 9.28. The second-order valence-corrected chi connectivity index (χ2v) is 6.55. The molecule has 7 heteroatoms. The molecule has 0 spiro atoms. The summed E-state index contributed by atoms with van der Waals surface area (Å²) in [6.07, 6.45) is 1.55. The van der Waals surface area contributed by atoms with E-state index in [2.05, 4.69) is 0 Å². The predicted molar refractivity (Wildman–Crippen MR) is 110 cm³/mol. The van der Waals surface area contributed by atoms with Gasteiger partial charge in [0.05, 0.1) is 25.3 Å². The van der Waals surface area contributed by atoms with E-state index < -0.39 is 11.8 Å². The maximum Gasteiger partial charge on any atom is 0.346 e. The van der Waals surface area contributed by atoms with Gasteiger partial charge in [0, 0.05) is 11.6 Å². The number of methoxy groups -OCH3 is 2. The number of para-hydroxylation sites is 1. The van der Waals surface area contributed by atoms with Crippen molar-refractivity contribution >= 4 is 17.8 Å². The summed E-state index contributed by atoms with van der Waals surface area (Å²) in [5.41, 5.74) is 0.730. The number of ether oxygens (including phenoxy) is 4. The van der Waals surface area contributed by atoms with Crippen LogP contribution in [0.4, 0.5) is 4.39 Å². The molecule has 31 heavy (non-hydrogen) atoms. The monoisotopic (exact) mass is 420 g/mol. The first kappa shape index (κ1) is 20.2. The number of carbonyl (C=O) groups is 2. The van der Waals surface area contributed by atoms with Crippen LogP contribution in [0.5, 0.6) is 23.0 Å². The Balaban J connectivity index is 1.60. The van der Waals surface area contributed by atoms with E-state index in [0.29, 0.717) is 22.6 Å². The smallest absolute Gasteiger partial charge is 0.346 e. The molecule has 0 radical (unpaired) electrons. The van der Waals surface area contributed by atoms with Gasteiger partial charge in [-0.25, -0.2) is 9.18 Å². The molecule has 0 bridgehead atoms. The Morgan fingerprint density at radius 1 is 1.00 bits per heavy atom. The SMILES string of the molecule is COc1cccc(C=C2Oc3cc(OC(=O)c4ccccc4F)ccc3C2=O)c1OC. The van der Waals surface area contributed by atoms with Gasteiger partial charge >= 0.3 is 5.97 Å². The fourth-order valence-corrected chi connectivity index (χ4v) is 3.19. The average molecular weight is 420 g/mol. The normalized spacial score (nSPS) is 13.5. The van der Waals surface area contributed by atoms with Crippen LogP contribution in [0.2, 0.25) is 0 Å². The van der Waals surface area contributed by atoms with E-state index in [1.165, 1.54) is 56.7 Å². The number of rotatable bonds is 5. The molecule has 3 aromatic carbocycles. The molecule has 0 N–H and O–H groups in total. The molecule has 0 aromatic heterocycles. The third kappa shape index (κ3) is 3.85. The minimum absolute atomic E-state index is 0.0825. The number of hydrogen-bond acceptors (Lipinski definition) is 6.